The number of nitrogens with zero attached hydrogens (tertiary/aromatic N) is 2. The zero-order chi connectivity index (χ0) is 19.9. The summed E-state index contributed by atoms with van der Waals surface area (Å²) < 4.78 is 33.3. The van der Waals surface area contributed by atoms with Gasteiger partial charge in [0.05, 0.1) is 0 Å². The minimum absolute atomic E-state index is 0.0183. The molecule has 3 heterocycles. The van der Waals surface area contributed by atoms with Crippen molar-refractivity contribution in [2.45, 2.75) is 4.90 Å². The number of carbonyl (C=O) groups is 1. The molecule has 0 aliphatic heterocycles. The van der Waals surface area contributed by atoms with Crippen LogP contribution in [-0.2, 0) is 17.1 Å². The second-order valence-electron chi connectivity index (χ2n) is 6.02. The molecule has 0 saturated carbocycles. The molecule has 0 aliphatic rings. The van der Waals surface area contributed by atoms with E-state index in [0.717, 1.165) is 11.0 Å². The Morgan fingerprint density at radius 3 is 2.79 bits per heavy atom. The van der Waals surface area contributed by atoms with Gasteiger partial charge in [0.15, 0.2) is 10.9 Å². The maximum atomic E-state index is 12.5. The van der Waals surface area contributed by atoms with Crippen molar-refractivity contribution in [3.05, 3.63) is 53.7 Å². The molecule has 4 rings (SSSR count). The summed E-state index contributed by atoms with van der Waals surface area (Å²) in [7, 11) is -0.708. The number of hydrogen-bond acceptors (Lipinski definition) is 6. The number of hydrogen-bond donors (Lipinski definition) is 2. The summed E-state index contributed by atoms with van der Waals surface area (Å²) in [5, 5.41) is 5.84. The number of amides is 1. The molecular formula is C18H16N4O4S2. The van der Waals surface area contributed by atoms with Gasteiger partial charge in [0.1, 0.15) is 21.9 Å². The van der Waals surface area contributed by atoms with Crippen LogP contribution in [0.4, 0.5) is 5.13 Å². The predicted octanol–water partition coefficient (Wildman–Crippen LogP) is 3.06. The molecule has 0 unspecified atom stereocenters. The Morgan fingerprint density at radius 2 is 2.04 bits per heavy atom. The Bertz CT molecular complexity index is 1250. The lowest BCUT2D eigenvalue weighted by Crippen LogP contribution is -2.18. The largest absolute Gasteiger partial charge is 0.454 e. The molecule has 28 heavy (non-hydrogen) atoms. The van der Waals surface area contributed by atoms with Crippen LogP contribution in [0.3, 0.4) is 0 Å². The number of fused-ring (bicyclic) bond motifs is 1. The van der Waals surface area contributed by atoms with Gasteiger partial charge in [-0.05, 0) is 25.2 Å². The molecule has 4 aromatic rings. The van der Waals surface area contributed by atoms with Gasteiger partial charge >= 0.3 is 0 Å². The minimum atomic E-state index is -3.63. The second kappa shape index (κ2) is 6.89. The molecule has 0 fully saturated rings. The first-order valence-electron chi connectivity index (χ1n) is 8.23. The summed E-state index contributed by atoms with van der Waals surface area (Å²) in [6.07, 6.45) is 1.38. The van der Waals surface area contributed by atoms with Gasteiger partial charge < -0.3 is 8.98 Å². The molecule has 0 radical (unpaired) electrons. The van der Waals surface area contributed by atoms with Crippen molar-refractivity contribution < 1.29 is 17.6 Å². The summed E-state index contributed by atoms with van der Waals surface area (Å²) in [5.74, 6) is 0.157. The first kappa shape index (κ1) is 18.4. The molecule has 0 spiro atoms. The molecule has 8 nitrogen and oxygen atoms in total. The fourth-order valence-electron chi connectivity index (χ4n) is 2.74. The molecule has 10 heteroatoms. The van der Waals surface area contributed by atoms with E-state index in [1.54, 1.807) is 12.4 Å². The third kappa shape index (κ3) is 3.33. The van der Waals surface area contributed by atoms with Crippen LogP contribution in [0.1, 0.15) is 10.5 Å². The van der Waals surface area contributed by atoms with Crippen molar-refractivity contribution >= 4 is 43.4 Å². The first-order chi connectivity index (χ1) is 13.4. The maximum absolute atomic E-state index is 12.5. The van der Waals surface area contributed by atoms with E-state index in [1.165, 1.54) is 35.2 Å². The molecule has 0 atom stereocenters. The lowest BCUT2D eigenvalue weighted by molar-refractivity contribution is 0.101. The number of para-hydroxylation sites is 1. The predicted molar refractivity (Wildman–Crippen MR) is 107 cm³/mol. The van der Waals surface area contributed by atoms with Crippen molar-refractivity contribution in [2.24, 2.45) is 7.05 Å². The van der Waals surface area contributed by atoms with E-state index in [9.17, 15) is 13.2 Å². The number of anilines is 1. The summed E-state index contributed by atoms with van der Waals surface area (Å²) in [4.78, 5) is 17.0. The SMILES string of the molecule is CNS(=O)(=O)c1cc(C(=O)Nc2nc(-c3cc4ccccc4o3)cs2)n(C)c1. The fourth-order valence-corrected chi connectivity index (χ4v) is 4.23. The average molecular weight is 416 g/mol. The normalized spacial score (nSPS) is 11.8. The fraction of sp³-hybridized carbons (Fsp3) is 0.111. The summed E-state index contributed by atoms with van der Waals surface area (Å²) in [6, 6.07) is 10.8. The smallest absolute Gasteiger partial charge is 0.274 e. The quantitative estimate of drug-likeness (QED) is 0.520. The molecular weight excluding hydrogens is 400 g/mol. The Hall–Kier alpha value is -2.95. The van der Waals surface area contributed by atoms with Crippen LogP contribution in [0.5, 0.6) is 0 Å². The van der Waals surface area contributed by atoms with Crippen LogP contribution in [0, 0.1) is 0 Å². The molecule has 0 saturated heterocycles. The Kier molecular flexibility index (Phi) is 4.53. The lowest BCUT2D eigenvalue weighted by atomic mass is 10.2. The third-order valence-corrected chi connectivity index (χ3v) is 6.33. The van der Waals surface area contributed by atoms with Crippen LogP contribution in [0.25, 0.3) is 22.4 Å². The second-order valence-corrected chi connectivity index (χ2v) is 8.76. The van der Waals surface area contributed by atoms with Crippen molar-refractivity contribution in [3.8, 4) is 11.5 Å². The van der Waals surface area contributed by atoms with E-state index in [0.29, 0.717) is 16.6 Å². The van der Waals surface area contributed by atoms with Crippen molar-refractivity contribution in [3.63, 3.8) is 0 Å². The highest BCUT2D eigenvalue weighted by Gasteiger charge is 2.20. The number of furan rings is 1. The van der Waals surface area contributed by atoms with E-state index in [4.69, 9.17) is 4.42 Å². The van der Waals surface area contributed by atoms with Crippen molar-refractivity contribution in [1.29, 1.82) is 0 Å². The maximum Gasteiger partial charge on any atom is 0.274 e. The topological polar surface area (TPSA) is 106 Å². The zero-order valence-electron chi connectivity index (χ0n) is 15.0. The summed E-state index contributed by atoms with van der Waals surface area (Å²) in [6.45, 7) is 0. The van der Waals surface area contributed by atoms with Crippen molar-refractivity contribution in [2.75, 3.05) is 12.4 Å². The number of carbonyl (C=O) groups excluding carboxylic acids is 1. The summed E-state index contributed by atoms with van der Waals surface area (Å²) in [5.41, 5.74) is 1.58. The van der Waals surface area contributed by atoms with Crippen LogP contribution in [0.15, 0.2) is 57.3 Å². The third-order valence-electron chi connectivity index (χ3n) is 4.19. The highest BCUT2D eigenvalue weighted by molar-refractivity contribution is 7.89. The molecule has 1 amide bonds. The number of rotatable bonds is 5. The van der Waals surface area contributed by atoms with E-state index < -0.39 is 15.9 Å². The minimum Gasteiger partial charge on any atom is -0.454 e. The number of thiazole rings is 1. The number of aromatic nitrogens is 2. The van der Waals surface area contributed by atoms with Crippen LogP contribution in [0.2, 0.25) is 0 Å². The Balaban J connectivity index is 1.56. The molecule has 1 aromatic carbocycles. The molecule has 0 aliphatic carbocycles. The number of aryl methyl sites for hydroxylation is 1. The monoisotopic (exact) mass is 416 g/mol. The van der Waals surface area contributed by atoms with Gasteiger partial charge in [-0.25, -0.2) is 18.1 Å². The highest BCUT2D eigenvalue weighted by atomic mass is 32.2. The molecule has 144 valence electrons. The van der Waals surface area contributed by atoms with E-state index >= 15 is 0 Å². The average Bonchev–Trinajstić information content (AvgIpc) is 3.39. The van der Waals surface area contributed by atoms with Gasteiger partial charge in [-0.15, -0.1) is 11.3 Å². The highest BCUT2D eigenvalue weighted by Crippen LogP contribution is 2.30. The number of sulfonamides is 1. The van der Waals surface area contributed by atoms with Crippen LogP contribution < -0.4 is 10.0 Å². The molecule has 3 aromatic heterocycles. The van der Waals surface area contributed by atoms with E-state index in [-0.39, 0.29) is 10.6 Å². The van der Waals surface area contributed by atoms with Gasteiger partial charge in [0.25, 0.3) is 5.91 Å². The van der Waals surface area contributed by atoms with Gasteiger partial charge in [-0.2, -0.15) is 0 Å². The number of benzene rings is 1. The standard InChI is InChI=1S/C18H16N4O4S2/c1-19-28(24,25)12-8-14(22(2)9-12)17(23)21-18-20-13(10-27-18)16-7-11-5-3-4-6-15(11)26-16/h3-10,19H,1-2H3,(H,20,21,23). The van der Waals surface area contributed by atoms with E-state index in [1.807, 2.05) is 30.3 Å². The van der Waals surface area contributed by atoms with Crippen LogP contribution >= 0.6 is 11.3 Å². The van der Waals surface area contributed by atoms with Gasteiger partial charge in [0.2, 0.25) is 10.0 Å². The van der Waals surface area contributed by atoms with Crippen LogP contribution in [-0.4, -0.2) is 30.9 Å². The summed E-state index contributed by atoms with van der Waals surface area (Å²) >= 11 is 1.26. The Morgan fingerprint density at radius 1 is 1.25 bits per heavy atom. The Labute approximate surface area is 164 Å². The van der Waals surface area contributed by atoms with Gasteiger partial charge in [-0.3, -0.25) is 10.1 Å². The van der Waals surface area contributed by atoms with Crippen molar-refractivity contribution in [1.82, 2.24) is 14.3 Å². The van der Waals surface area contributed by atoms with E-state index in [2.05, 4.69) is 15.0 Å². The van der Waals surface area contributed by atoms with Gasteiger partial charge in [0, 0.05) is 24.0 Å². The van der Waals surface area contributed by atoms with Gasteiger partial charge in [-0.1, -0.05) is 18.2 Å². The molecule has 2 N–H and O–H groups in total. The lowest BCUT2D eigenvalue weighted by Gasteiger charge is -2.02. The number of nitrogens with one attached hydrogen (secondary N) is 2. The molecule has 0 bridgehead atoms. The first-order valence-corrected chi connectivity index (χ1v) is 10.6. The zero-order valence-corrected chi connectivity index (χ0v) is 16.6.